The smallest absolute Gasteiger partial charge is 0.227 e. The van der Waals surface area contributed by atoms with Crippen molar-refractivity contribution in [2.24, 2.45) is 0 Å². The molecule has 0 unspecified atom stereocenters. The number of rotatable bonds is 4. The Bertz CT molecular complexity index is 921. The number of nitrogens with zero attached hydrogens (tertiary/aromatic N) is 3. The average Bonchev–Trinajstić information content (AvgIpc) is 3.15. The van der Waals surface area contributed by atoms with E-state index in [1.807, 2.05) is 17.0 Å². The second-order valence-electron chi connectivity index (χ2n) is 6.35. The zero-order valence-corrected chi connectivity index (χ0v) is 14.2. The van der Waals surface area contributed by atoms with Crippen LogP contribution >= 0.6 is 0 Å². The summed E-state index contributed by atoms with van der Waals surface area (Å²) in [5.74, 6) is 0.585. The van der Waals surface area contributed by atoms with E-state index in [1.165, 1.54) is 23.3 Å². The van der Waals surface area contributed by atoms with E-state index in [0.717, 1.165) is 13.0 Å². The molecule has 2 aromatic carbocycles. The third-order valence-corrected chi connectivity index (χ3v) is 4.61. The van der Waals surface area contributed by atoms with E-state index in [1.54, 1.807) is 12.1 Å². The molecule has 0 bridgehead atoms. The molecule has 132 valence electrons. The molecule has 0 atom stereocenters. The third kappa shape index (κ3) is 3.49. The van der Waals surface area contributed by atoms with Crippen LogP contribution in [0.4, 0.5) is 4.39 Å². The molecule has 1 amide bonds. The predicted molar refractivity (Wildman–Crippen MR) is 93.6 cm³/mol. The number of amides is 1. The summed E-state index contributed by atoms with van der Waals surface area (Å²) < 4.78 is 18.2. The van der Waals surface area contributed by atoms with E-state index in [-0.39, 0.29) is 11.7 Å². The van der Waals surface area contributed by atoms with Gasteiger partial charge in [-0.1, -0.05) is 29.4 Å². The lowest BCUT2D eigenvalue weighted by Crippen LogP contribution is -2.36. The van der Waals surface area contributed by atoms with Gasteiger partial charge in [-0.3, -0.25) is 4.79 Å². The van der Waals surface area contributed by atoms with Crippen LogP contribution in [0.2, 0.25) is 0 Å². The van der Waals surface area contributed by atoms with Gasteiger partial charge in [-0.05, 0) is 41.8 Å². The Hall–Kier alpha value is -3.02. The summed E-state index contributed by atoms with van der Waals surface area (Å²) in [5.41, 5.74) is 3.21. The lowest BCUT2D eigenvalue weighted by atomic mass is 9.99. The second-order valence-corrected chi connectivity index (χ2v) is 6.35. The van der Waals surface area contributed by atoms with Crippen LogP contribution in [0.3, 0.4) is 0 Å². The van der Waals surface area contributed by atoms with Crippen molar-refractivity contribution in [1.82, 2.24) is 15.0 Å². The van der Waals surface area contributed by atoms with E-state index in [0.29, 0.717) is 36.7 Å². The minimum Gasteiger partial charge on any atom is -0.339 e. The number of aromatic nitrogens is 2. The minimum atomic E-state index is -0.314. The summed E-state index contributed by atoms with van der Waals surface area (Å²) >= 11 is 0. The Kier molecular flexibility index (Phi) is 4.48. The van der Waals surface area contributed by atoms with Crippen LogP contribution in [0, 0.1) is 5.82 Å². The van der Waals surface area contributed by atoms with Crippen molar-refractivity contribution >= 4 is 5.91 Å². The van der Waals surface area contributed by atoms with Gasteiger partial charge in [0.05, 0.1) is 0 Å². The highest BCUT2D eigenvalue weighted by Gasteiger charge is 2.21. The molecular weight excluding hydrogens is 333 g/mol. The number of hydrogen-bond donors (Lipinski definition) is 0. The Labute approximate surface area is 150 Å². The topological polar surface area (TPSA) is 59.2 Å². The van der Waals surface area contributed by atoms with Gasteiger partial charge >= 0.3 is 0 Å². The molecule has 2 heterocycles. The van der Waals surface area contributed by atoms with E-state index in [2.05, 4.69) is 22.3 Å². The molecule has 3 aromatic rings. The predicted octanol–water partition coefficient (Wildman–Crippen LogP) is 3.39. The number of halogens is 1. The fraction of sp³-hybridized carbons (Fsp3) is 0.250. The molecule has 1 aromatic heterocycles. The van der Waals surface area contributed by atoms with Gasteiger partial charge in [-0.15, -0.1) is 0 Å². The van der Waals surface area contributed by atoms with Gasteiger partial charge in [-0.2, -0.15) is 4.98 Å². The first-order valence-electron chi connectivity index (χ1n) is 8.62. The highest BCUT2D eigenvalue weighted by Crippen LogP contribution is 2.20. The number of fused-ring (bicyclic) bond motifs is 1. The van der Waals surface area contributed by atoms with Crippen LogP contribution in [0.25, 0.3) is 11.4 Å². The van der Waals surface area contributed by atoms with Crippen molar-refractivity contribution in [3.05, 3.63) is 71.4 Å². The summed E-state index contributed by atoms with van der Waals surface area (Å²) in [6.45, 7) is 1.39. The molecule has 0 saturated carbocycles. The molecule has 1 aliphatic heterocycles. The maximum absolute atomic E-state index is 13.0. The highest BCUT2D eigenvalue weighted by atomic mass is 19.1. The first kappa shape index (κ1) is 16.4. The van der Waals surface area contributed by atoms with Gasteiger partial charge in [0.25, 0.3) is 0 Å². The van der Waals surface area contributed by atoms with E-state index in [9.17, 15) is 9.18 Å². The van der Waals surface area contributed by atoms with Crippen LogP contribution in [0.5, 0.6) is 0 Å². The van der Waals surface area contributed by atoms with E-state index in [4.69, 9.17) is 4.52 Å². The number of benzene rings is 2. The van der Waals surface area contributed by atoms with Crippen LogP contribution < -0.4 is 0 Å². The maximum Gasteiger partial charge on any atom is 0.227 e. The van der Waals surface area contributed by atoms with Gasteiger partial charge in [0.1, 0.15) is 5.82 Å². The maximum atomic E-state index is 13.0. The fourth-order valence-corrected chi connectivity index (χ4v) is 3.15. The quantitative estimate of drug-likeness (QED) is 0.723. The molecule has 0 spiro atoms. The number of aryl methyl sites for hydroxylation is 1. The molecule has 26 heavy (non-hydrogen) atoms. The van der Waals surface area contributed by atoms with Crippen molar-refractivity contribution in [3.8, 4) is 11.4 Å². The fourth-order valence-electron chi connectivity index (χ4n) is 3.15. The van der Waals surface area contributed by atoms with Gasteiger partial charge < -0.3 is 9.42 Å². The van der Waals surface area contributed by atoms with Crippen molar-refractivity contribution in [2.45, 2.75) is 25.8 Å². The zero-order chi connectivity index (χ0) is 17.9. The molecule has 0 fully saturated rings. The molecule has 5 nitrogen and oxygen atoms in total. The van der Waals surface area contributed by atoms with Crippen LogP contribution in [-0.4, -0.2) is 27.5 Å². The highest BCUT2D eigenvalue weighted by molar-refractivity contribution is 5.76. The first-order valence-corrected chi connectivity index (χ1v) is 8.62. The standard InChI is InChI=1S/C20H18FN3O2/c21-17-7-5-15(6-8-17)20-22-18(26-23-20)9-10-19(25)24-12-11-14-3-1-2-4-16(14)13-24/h1-8H,9-13H2. The van der Waals surface area contributed by atoms with Crippen molar-refractivity contribution in [3.63, 3.8) is 0 Å². The first-order chi connectivity index (χ1) is 12.7. The molecular formula is C20H18FN3O2. The monoisotopic (exact) mass is 351 g/mol. The van der Waals surface area contributed by atoms with Gasteiger partial charge in [-0.25, -0.2) is 4.39 Å². The summed E-state index contributed by atoms with van der Waals surface area (Å²) in [6, 6.07) is 14.1. The lowest BCUT2D eigenvalue weighted by Gasteiger charge is -2.28. The number of carbonyl (C=O) groups is 1. The van der Waals surface area contributed by atoms with Crippen molar-refractivity contribution < 1.29 is 13.7 Å². The Morgan fingerprint density at radius 2 is 1.88 bits per heavy atom. The van der Waals surface area contributed by atoms with Crippen molar-refractivity contribution in [1.29, 1.82) is 0 Å². The second kappa shape index (κ2) is 7.07. The van der Waals surface area contributed by atoms with Gasteiger partial charge in [0.2, 0.25) is 17.6 Å². The largest absolute Gasteiger partial charge is 0.339 e. The number of carbonyl (C=O) groups excluding carboxylic acids is 1. The van der Waals surface area contributed by atoms with Crippen LogP contribution in [0.15, 0.2) is 53.1 Å². The third-order valence-electron chi connectivity index (χ3n) is 4.61. The lowest BCUT2D eigenvalue weighted by molar-refractivity contribution is -0.132. The van der Waals surface area contributed by atoms with E-state index < -0.39 is 0 Å². The zero-order valence-electron chi connectivity index (χ0n) is 14.2. The summed E-state index contributed by atoms with van der Waals surface area (Å²) in [4.78, 5) is 18.7. The molecule has 0 saturated heterocycles. The molecule has 0 aliphatic carbocycles. The Morgan fingerprint density at radius 1 is 1.12 bits per heavy atom. The van der Waals surface area contributed by atoms with Gasteiger partial charge in [0, 0.05) is 31.5 Å². The van der Waals surface area contributed by atoms with E-state index >= 15 is 0 Å². The van der Waals surface area contributed by atoms with Crippen molar-refractivity contribution in [2.75, 3.05) is 6.54 Å². The van der Waals surface area contributed by atoms with Gasteiger partial charge in [0.15, 0.2) is 0 Å². The summed E-state index contributed by atoms with van der Waals surface area (Å²) in [6.07, 6.45) is 1.61. The molecule has 4 rings (SSSR count). The SMILES string of the molecule is O=C(CCc1nc(-c2ccc(F)cc2)no1)N1CCc2ccccc2C1. The Balaban J connectivity index is 1.36. The molecule has 6 heteroatoms. The minimum absolute atomic E-state index is 0.0843. The number of hydrogen-bond acceptors (Lipinski definition) is 4. The summed E-state index contributed by atoms with van der Waals surface area (Å²) in [7, 11) is 0. The molecule has 0 radical (unpaired) electrons. The average molecular weight is 351 g/mol. The van der Waals surface area contributed by atoms with Crippen LogP contribution in [0.1, 0.15) is 23.4 Å². The Morgan fingerprint density at radius 3 is 2.69 bits per heavy atom. The normalized spacial score (nSPS) is 13.5. The summed E-state index contributed by atoms with van der Waals surface area (Å²) in [5, 5.41) is 3.90. The van der Waals surface area contributed by atoms with Crippen LogP contribution in [-0.2, 0) is 24.2 Å². The molecule has 1 aliphatic rings. The molecule has 0 N–H and O–H groups in total.